The second-order valence-electron chi connectivity index (χ2n) is 3.79. The molecule has 5 heteroatoms. The van der Waals surface area contributed by atoms with Gasteiger partial charge in [-0.25, -0.2) is 0 Å². The number of nitrogens with one attached hydrogen (secondary N) is 1. The third-order valence-electron chi connectivity index (χ3n) is 2.36. The first kappa shape index (κ1) is 13.0. The molecule has 0 fully saturated rings. The molecule has 0 aliphatic heterocycles. The Morgan fingerprint density at radius 1 is 1.38 bits per heavy atom. The summed E-state index contributed by atoms with van der Waals surface area (Å²) in [6, 6.07) is 1.55. The Morgan fingerprint density at radius 2 is 2.06 bits per heavy atom. The molecule has 0 aromatic carbocycles. The number of aryl methyl sites for hydroxylation is 1. The standard InChI is InChI=1S/C11H15F3N2/c1-8-5-9(7-16-6-8)10(15-2)3-4-11(12,13)14/h5-7,10,15H,3-4H2,1-2H3. The average molecular weight is 232 g/mol. The summed E-state index contributed by atoms with van der Waals surface area (Å²) in [7, 11) is 1.66. The van der Waals surface area contributed by atoms with Gasteiger partial charge in [-0.2, -0.15) is 13.2 Å². The zero-order chi connectivity index (χ0) is 12.2. The predicted octanol–water partition coefficient (Wildman–Crippen LogP) is 2.99. The van der Waals surface area contributed by atoms with E-state index in [1.807, 2.05) is 13.0 Å². The van der Waals surface area contributed by atoms with Crippen molar-refractivity contribution in [3.05, 3.63) is 29.6 Å². The first-order chi connectivity index (χ1) is 7.42. The van der Waals surface area contributed by atoms with Crippen LogP contribution in [0.3, 0.4) is 0 Å². The summed E-state index contributed by atoms with van der Waals surface area (Å²) in [6.07, 6.45) is -1.57. The summed E-state index contributed by atoms with van der Waals surface area (Å²) in [5.74, 6) is 0. The van der Waals surface area contributed by atoms with E-state index >= 15 is 0 Å². The number of pyridine rings is 1. The normalized spacial score (nSPS) is 13.8. The maximum Gasteiger partial charge on any atom is 0.389 e. The van der Waals surface area contributed by atoms with Gasteiger partial charge in [0.1, 0.15) is 0 Å². The van der Waals surface area contributed by atoms with E-state index in [1.165, 1.54) is 0 Å². The fourth-order valence-electron chi connectivity index (χ4n) is 1.55. The van der Waals surface area contributed by atoms with Gasteiger partial charge in [-0.3, -0.25) is 4.98 Å². The van der Waals surface area contributed by atoms with Crippen LogP contribution in [0.1, 0.15) is 30.0 Å². The van der Waals surface area contributed by atoms with Crippen LogP contribution in [-0.4, -0.2) is 18.2 Å². The highest BCUT2D eigenvalue weighted by Gasteiger charge is 2.28. The minimum Gasteiger partial charge on any atom is -0.313 e. The molecule has 90 valence electrons. The fourth-order valence-corrected chi connectivity index (χ4v) is 1.55. The second kappa shape index (κ2) is 5.30. The highest BCUT2D eigenvalue weighted by Crippen LogP contribution is 2.27. The van der Waals surface area contributed by atoms with E-state index in [9.17, 15) is 13.2 Å². The molecule has 1 atom stereocenters. The van der Waals surface area contributed by atoms with Crippen LogP contribution in [0.25, 0.3) is 0 Å². The second-order valence-corrected chi connectivity index (χ2v) is 3.79. The Hall–Kier alpha value is -1.10. The minimum absolute atomic E-state index is 0.0329. The maximum atomic E-state index is 12.1. The summed E-state index contributed by atoms with van der Waals surface area (Å²) in [6.45, 7) is 1.87. The van der Waals surface area contributed by atoms with Crippen molar-refractivity contribution in [1.29, 1.82) is 0 Å². The van der Waals surface area contributed by atoms with Crippen molar-refractivity contribution in [2.45, 2.75) is 32.0 Å². The number of aromatic nitrogens is 1. The highest BCUT2D eigenvalue weighted by molar-refractivity contribution is 5.20. The van der Waals surface area contributed by atoms with Gasteiger partial charge in [0.25, 0.3) is 0 Å². The van der Waals surface area contributed by atoms with Gasteiger partial charge in [0, 0.05) is 24.9 Å². The van der Waals surface area contributed by atoms with Crippen LogP contribution in [0, 0.1) is 6.92 Å². The van der Waals surface area contributed by atoms with E-state index in [0.29, 0.717) is 0 Å². The molecule has 1 heterocycles. The number of rotatable bonds is 4. The quantitative estimate of drug-likeness (QED) is 0.863. The van der Waals surface area contributed by atoms with Crippen molar-refractivity contribution in [2.75, 3.05) is 7.05 Å². The van der Waals surface area contributed by atoms with Gasteiger partial charge in [-0.15, -0.1) is 0 Å². The van der Waals surface area contributed by atoms with Gasteiger partial charge in [-0.1, -0.05) is 6.07 Å². The molecule has 0 amide bonds. The molecule has 0 aliphatic rings. The van der Waals surface area contributed by atoms with Crippen LogP contribution in [0.5, 0.6) is 0 Å². The Morgan fingerprint density at radius 3 is 2.56 bits per heavy atom. The number of halogens is 3. The third-order valence-corrected chi connectivity index (χ3v) is 2.36. The topological polar surface area (TPSA) is 24.9 Å². The lowest BCUT2D eigenvalue weighted by Gasteiger charge is -2.17. The van der Waals surface area contributed by atoms with Gasteiger partial charge in [0.15, 0.2) is 0 Å². The zero-order valence-electron chi connectivity index (χ0n) is 9.30. The van der Waals surface area contributed by atoms with Crippen molar-refractivity contribution >= 4 is 0 Å². The van der Waals surface area contributed by atoms with E-state index in [-0.39, 0.29) is 12.5 Å². The monoisotopic (exact) mass is 232 g/mol. The van der Waals surface area contributed by atoms with Crippen LogP contribution in [0.2, 0.25) is 0 Å². The highest BCUT2D eigenvalue weighted by atomic mass is 19.4. The Kier molecular flexibility index (Phi) is 4.29. The summed E-state index contributed by atoms with van der Waals surface area (Å²) in [5.41, 5.74) is 1.75. The van der Waals surface area contributed by atoms with E-state index in [4.69, 9.17) is 0 Å². The fraction of sp³-hybridized carbons (Fsp3) is 0.545. The van der Waals surface area contributed by atoms with Gasteiger partial charge in [0.2, 0.25) is 0 Å². The summed E-state index contributed by atoms with van der Waals surface area (Å²) in [5, 5.41) is 2.88. The first-order valence-corrected chi connectivity index (χ1v) is 5.08. The van der Waals surface area contributed by atoms with E-state index in [0.717, 1.165) is 11.1 Å². The molecule has 1 N–H and O–H groups in total. The molecule has 0 radical (unpaired) electrons. The number of hydrogen-bond acceptors (Lipinski definition) is 2. The first-order valence-electron chi connectivity index (χ1n) is 5.08. The van der Waals surface area contributed by atoms with Crippen molar-refractivity contribution in [1.82, 2.24) is 10.3 Å². The van der Waals surface area contributed by atoms with E-state index in [1.54, 1.807) is 19.4 Å². The van der Waals surface area contributed by atoms with Gasteiger partial charge in [0.05, 0.1) is 0 Å². The molecular weight excluding hydrogens is 217 g/mol. The molecule has 0 spiro atoms. The third kappa shape index (κ3) is 4.18. The van der Waals surface area contributed by atoms with Crippen LogP contribution in [-0.2, 0) is 0 Å². The zero-order valence-corrected chi connectivity index (χ0v) is 9.30. The van der Waals surface area contributed by atoms with Crippen LogP contribution in [0.4, 0.5) is 13.2 Å². The molecule has 1 aromatic rings. The Balaban J connectivity index is 2.68. The molecule has 1 unspecified atom stereocenters. The molecule has 1 aromatic heterocycles. The van der Waals surface area contributed by atoms with Gasteiger partial charge in [-0.05, 0) is 31.5 Å². The maximum absolute atomic E-state index is 12.1. The van der Waals surface area contributed by atoms with Crippen LogP contribution < -0.4 is 5.32 Å². The number of hydrogen-bond donors (Lipinski definition) is 1. The molecular formula is C11H15F3N2. The Labute approximate surface area is 92.9 Å². The molecule has 0 saturated heterocycles. The molecule has 0 saturated carbocycles. The largest absolute Gasteiger partial charge is 0.389 e. The molecule has 16 heavy (non-hydrogen) atoms. The molecule has 1 rings (SSSR count). The lowest BCUT2D eigenvalue weighted by Crippen LogP contribution is -2.19. The summed E-state index contributed by atoms with van der Waals surface area (Å²) in [4.78, 5) is 3.98. The number of nitrogens with zero attached hydrogens (tertiary/aromatic N) is 1. The summed E-state index contributed by atoms with van der Waals surface area (Å²) < 4.78 is 36.3. The lowest BCUT2D eigenvalue weighted by molar-refractivity contribution is -0.136. The molecule has 0 bridgehead atoms. The summed E-state index contributed by atoms with van der Waals surface area (Å²) >= 11 is 0. The lowest BCUT2D eigenvalue weighted by atomic mass is 10.0. The van der Waals surface area contributed by atoms with Crippen LogP contribution >= 0.6 is 0 Å². The van der Waals surface area contributed by atoms with E-state index < -0.39 is 12.6 Å². The van der Waals surface area contributed by atoms with Gasteiger partial charge >= 0.3 is 6.18 Å². The predicted molar refractivity (Wildman–Crippen MR) is 56.1 cm³/mol. The number of alkyl halides is 3. The van der Waals surface area contributed by atoms with Crippen LogP contribution in [0.15, 0.2) is 18.5 Å². The van der Waals surface area contributed by atoms with Crippen molar-refractivity contribution in [3.63, 3.8) is 0 Å². The minimum atomic E-state index is -4.10. The Bertz CT molecular complexity index is 336. The average Bonchev–Trinajstić information content (AvgIpc) is 2.17. The van der Waals surface area contributed by atoms with Crippen molar-refractivity contribution in [3.8, 4) is 0 Å². The smallest absolute Gasteiger partial charge is 0.313 e. The molecule has 0 aliphatic carbocycles. The molecule has 2 nitrogen and oxygen atoms in total. The van der Waals surface area contributed by atoms with Gasteiger partial charge < -0.3 is 5.32 Å². The van der Waals surface area contributed by atoms with E-state index in [2.05, 4.69) is 10.3 Å². The SMILES string of the molecule is CNC(CCC(F)(F)F)c1cncc(C)c1. The van der Waals surface area contributed by atoms with Crippen molar-refractivity contribution in [2.24, 2.45) is 0 Å². The van der Waals surface area contributed by atoms with Crippen molar-refractivity contribution < 1.29 is 13.2 Å².